The number of hydrogen-bond donors (Lipinski definition) is 6. The van der Waals surface area contributed by atoms with Gasteiger partial charge in [-0.3, -0.25) is 14.4 Å². The number of amides is 3. The van der Waals surface area contributed by atoms with E-state index >= 15 is 0 Å². The smallest absolute Gasteiger partial charge is 0.328 e. The standard InChI is InChI=1S/C24H38N4O6/c1-13(2)11-17(27-23(32)19(25)14(3)4)21(30)26-18(12-16-9-7-6-8-10-16)22(31)28-20(15(5)29)24(33)34/h6-10,13-15,17-20,29H,11-12,25H2,1-5H3,(H,26,30)(H,27,32)(H,28,31)(H,33,34). The highest BCUT2D eigenvalue weighted by molar-refractivity contribution is 5.94. The first-order chi connectivity index (χ1) is 15.8. The molecule has 0 aliphatic carbocycles. The van der Waals surface area contributed by atoms with E-state index in [2.05, 4.69) is 16.0 Å². The van der Waals surface area contributed by atoms with Crippen molar-refractivity contribution in [2.45, 2.75) is 77.7 Å². The van der Waals surface area contributed by atoms with Crippen molar-refractivity contribution in [2.24, 2.45) is 17.6 Å². The van der Waals surface area contributed by atoms with Gasteiger partial charge in [0.15, 0.2) is 6.04 Å². The lowest BCUT2D eigenvalue weighted by Gasteiger charge is -2.27. The molecule has 7 N–H and O–H groups in total. The highest BCUT2D eigenvalue weighted by Gasteiger charge is 2.32. The van der Waals surface area contributed by atoms with E-state index in [0.29, 0.717) is 6.42 Å². The van der Waals surface area contributed by atoms with Crippen LogP contribution in [0.5, 0.6) is 0 Å². The van der Waals surface area contributed by atoms with E-state index in [1.165, 1.54) is 6.92 Å². The predicted octanol–water partition coefficient (Wildman–Crippen LogP) is 0.178. The molecule has 5 unspecified atom stereocenters. The zero-order chi connectivity index (χ0) is 26.0. The SMILES string of the molecule is CC(C)CC(NC(=O)C(N)C(C)C)C(=O)NC(Cc1ccccc1)C(=O)NC(C(=O)O)C(C)O. The molecule has 0 spiro atoms. The van der Waals surface area contributed by atoms with Crippen LogP contribution in [-0.2, 0) is 25.6 Å². The number of carboxylic acids is 1. The molecule has 0 radical (unpaired) electrons. The summed E-state index contributed by atoms with van der Waals surface area (Å²) >= 11 is 0. The van der Waals surface area contributed by atoms with Gasteiger partial charge in [-0.05, 0) is 30.7 Å². The van der Waals surface area contributed by atoms with Crippen molar-refractivity contribution >= 4 is 23.7 Å². The number of carbonyl (C=O) groups excluding carboxylic acids is 3. The molecule has 0 bridgehead atoms. The zero-order valence-corrected chi connectivity index (χ0v) is 20.4. The number of aliphatic carboxylic acids is 1. The fourth-order valence-corrected chi connectivity index (χ4v) is 3.25. The van der Waals surface area contributed by atoms with Gasteiger partial charge in [-0.25, -0.2) is 4.79 Å². The minimum atomic E-state index is -1.54. The van der Waals surface area contributed by atoms with Crippen molar-refractivity contribution in [1.29, 1.82) is 0 Å². The van der Waals surface area contributed by atoms with Crippen LogP contribution < -0.4 is 21.7 Å². The molecular weight excluding hydrogens is 440 g/mol. The molecule has 34 heavy (non-hydrogen) atoms. The first-order valence-electron chi connectivity index (χ1n) is 11.4. The van der Waals surface area contributed by atoms with Crippen LogP contribution >= 0.6 is 0 Å². The van der Waals surface area contributed by atoms with Crippen LogP contribution in [0.2, 0.25) is 0 Å². The summed E-state index contributed by atoms with van der Waals surface area (Å²) in [5, 5.41) is 26.6. The van der Waals surface area contributed by atoms with Crippen molar-refractivity contribution in [2.75, 3.05) is 0 Å². The van der Waals surface area contributed by atoms with Gasteiger partial charge in [0.25, 0.3) is 0 Å². The average molecular weight is 479 g/mol. The van der Waals surface area contributed by atoms with Crippen molar-refractivity contribution in [1.82, 2.24) is 16.0 Å². The molecule has 0 aliphatic rings. The molecule has 0 aromatic heterocycles. The Labute approximate surface area is 200 Å². The van der Waals surface area contributed by atoms with Crippen LogP contribution in [0.1, 0.15) is 46.6 Å². The van der Waals surface area contributed by atoms with Crippen molar-refractivity contribution in [3.05, 3.63) is 35.9 Å². The monoisotopic (exact) mass is 478 g/mol. The summed E-state index contributed by atoms with van der Waals surface area (Å²) in [6.45, 7) is 8.62. The third-order valence-electron chi connectivity index (χ3n) is 5.32. The third kappa shape index (κ3) is 9.48. The Hall–Kier alpha value is -2.98. The Morgan fingerprint density at radius 3 is 1.85 bits per heavy atom. The second-order valence-electron chi connectivity index (χ2n) is 9.28. The first kappa shape index (κ1) is 29.1. The molecule has 0 saturated heterocycles. The topological polar surface area (TPSA) is 171 Å². The maximum atomic E-state index is 13.2. The molecule has 3 amide bonds. The van der Waals surface area contributed by atoms with Crippen molar-refractivity contribution < 1.29 is 29.4 Å². The second kappa shape index (κ2) is 13.7. The number of rotatable bonds is 13. The van der Waals surface area contributed by atoms with Crippen LogP contribution in [0.3, 0.4) is 0 Å². The first-order valence-corrected chi connectivity index (χ1v) is 11.4. The maximum Gasteiger partial charge on any atom is 0.328 e. The molecule has 1 aromatic rings. The number of hydrogen-bond acceptors (Lipinski definition) is 6. The zero-order valence-electron chi connectivity index (χ0n) is 20.4. The van der Waals surface area contributed by atoms with E-state index in [1.807, 2.05) is 13.8 Å². The number of nitrogens with one attached hydrogen (secondary N) is 3. The van der Waals surface area contributed by atoms with Gasteiger partial charge in [0.1, 0.15) is 12.1 Å². The Balaban J connectivity index is 3.13. The summed E-state index contributed by atoms with van der Waals surface area (Å²) in [4.78, 5) is 50.0. The number of carbonyl (C=O) groups is 4. The number of nitrogens with two attached hydrogens (primary N) is 1. The highest BCUT2D eigenvalue weighted by Crippen LogP contribution is 2.09. The summed E-state index contributed by atoms with van der Waals surface area (Å²) in [6, 6.07) is 4.48. The van der Waals surface area contributed by atoms with Crippen LogP contribution in [-0.4, -0.2) is 64.2 Å². The minimum absolute atomic E-state index is 0.0550. The van der Waals surface area contributed by atoms with E-state index in [4.69, 9.17) is 5.73 Å². The molecule has 0 aliphatic heterocycles. The Morgan fingerprint density at radius 2 is 1.38 bits per heavy atom. The third-order valence-corrected chi connectivity index (χ3v) is 5.32. The van der Waals surface area contributed by atoms with Gasteiger partial charge in [-0.1, -0.05) is 58.0 Å². The molecule has 1 aromatic carbocycles. The van der Waals surface area contributed by atoms with E-state index in [-0.39, 0.29) is 18.3 Å². The number of carboxylic acid groups (broad SMARTS) is 1. The van der Waals surface area contributed by atoms with Crippen molar-refractivity contribution in [3.63, 3.8) is 0 Å². The average Bonchev–Trinajstić information content (AvgIpc) is 2.75. The van der Waals surface area contributed by atoms with Crippen molar-refractivity contribution in [3.8, 4) is 0 Å². The molecule has 0 heterocycles. The molecule has 1 rings (SSSR count). The summed E-state index contributed by atoms with van der Waals surface area (Å²) in [6.07, 6.45) is -0.952. The summed E-state index contributed by atoms with van der Waals surface area (Å²) < 4.78 is 0. The lowest BCUT2D eigenvalue weighted by atomic mass is 9.99. The van der Waals surface area contributed by atoms with Crippen LogP contribution in [0.25, 0.3) is 0 Å². The summed E-state index contributed by atoms with van der Waals surface area (Å²) in [5.74, 6) is -3.30. The molecule has 10 nitrogen and oxygen atoms in total. The Morgan fingerprint density at radius 1 is 0.853 bits per heavy atom. The van der Waals surface area contributed by atoms with E-state index in [0.717, 1.165) is 5.56 Å². The largest absolute Gasteiger partial charge is 0.480 e. The van der Waals surface area contributed by atoms with Gasteiger partial charge < -0.3 is 31.9 Å². The van der Waals surface area contributed by atoms with Gasteiger partial charge in [0, 0.05) is 6.42 Å². The maximum absolute atomic E-state index is 13.2. The highest BCUT2D eigenvalue weighted by atomic mass is 16.4. The quantitative estimate of drug-likeness (QED) is 0.235. The fourth-order valence-electron chi connectivity index (χ4n) is 3.25. The van der Waals surface area contributed by atoms with E-state index in [1.54, 1.807) is 44.2 Å². The van der Waals surface area contributed by atoms with Gasteiger partial charge in [-0.2, -0.15) is 0 Å². The molecule has 0 saturated carbocycles. The lowest BCUT2D eigenvalue weighted by molar-refractivity contribution is -0.145. The van der Waals surface area contributed by atoms with E-state index < -0.39 is 54.0 Å². The molecule has 10 heteroatoms. The molecular formula is C24H38N4O6. The van der Waals surface area contributed by atoms with Gasteiger partial charge in [0.05, 0.1) is 12.1 Å². The number of aliphatic hydroxyl groups excluding tert-OH is 1. The van der Waals surface area contributed by atoms with E-state index in [9.17, 15) is 29.4 Å². The van der Waals surface area contributed by atoms with Crippen LogP contribution in [0.15, 0.2) is 30.3 Å². The van der Waals surface area contributed by atoms with Gasteiger partial charge >= 0.3 is 5.97 Å². The number of aliphatic hydroxyl groups is 1. The van der Waals surface area contributed by atoms with Gasteiger partial charge in [-0.15, -0.1) is 0 Å². The minimum Gasteiger partial charge on any atom is -0.480 e. The predicted molar refractivity (Wildman–Crippen MR) is 128 cm³/mol. The summed E-state index contributed by atoms with van der Waals surface area (Å²) in [5.41, 5.74) is 6.65. The molecule has 0 fully saturated rings. The molecule has 5 atom stereocenters. The molecule has 190 valence electrons. The van der Waals surface area contributed by atoms with Gasteiger partial charge in [0.2, 0.25) is 17.7 Å². The fraction of sp³-hybridized carbons (Fsp3) is 0.583. The number of benzene rings is 1. The normalized spacial score (nSPS) is 15.7. The van der Waals surface area contributed by atoms with Crippen LogP contribution in [0, 0.1) is 11.8 Å². The Bertz CT molecular complexity index is 828. The Kier molecular flexibility index (Phi) is 11.7. The van der Waals surface area contributed by atoms with Crippen LogP contribution in [0.4, 0.5) is 0 Å². The lowest BCUT2D eigenvalue weighted by Crippen LogP contribution is -2.59. The summed E-state index contributed by atoms with van der Waals surface area (Å²) in [7, 11) is 0. The second-order valence-corrected chi connectivity index (χ2v) is 9.28.